The number of benzene rings is 2. The molecule has 2 rings (SSSR count). The van der Waals surface area contributed by atoms with Crippen molar-refractivity contribution in [2.75, 3.05) is 9.66 Å². The molecule has 5 nitrogen and oxygen atoms in total. The summed E-state index contributed by atoms with van der Waals surface area (Å²) in [6.07, 6.45) is 0. The largest absolute Gasteiger partial charge is 0.507 e. The number of phenols is 1. The molecule has 0 heterocycles. The fourth-order valence-electron chi connectivity index (χ4n) is 2.06. The number of ketones is 1. The molecule has 0 saturated carbocycles. The Morgan fingerprint density at radius 3 is 2.27 bits per heavy atom. The number of nitrogens with zero attached hydrogens (tertiary/aromatic N) is 1. The lowest BCUT2D eigenvalue weighted by Gasteiger charge is -2.15. The number of carboxylic acid groups (broad SMARTS) is 1. The molecule has 0 unspecified atom stereocenters. The van der Waals surface area contributed by atoms with E-state index >= 15 is 0 Å². The first-order chi connectivity index (χ1) is 10.5. The fraction of sp³-hybridized carbons (Fsp3) is 0.125. The van der Waals surface area contributed by atoms with E-state index in [0.29, 0.717) is 0 Å². The molecule has 6 heteroatoms. The van der Waals surface area contributed by atoms with Crippen LogP contribution in [0, 0.1) is 0 Å². The maximum absolute atomic E-state index is 12.5. The van der Waals surface area contributed by atoms with Crippen LogP contribution in [0.4, 0.5) is 5.69 Å². The number of carbonyl (C=O) groups is 2. The standard InChI is InChI=1S/C16H14INO4/c1-2-18(17)10-7-8-13(14(19)9-10)15(20)11-5-3-4-6-12(11)16(21)22/h3-9,19H,2H2,1H3,(H,21,22). The van der Waals surface area contributed by atoms with Crippen molar-refractivity contribution in [2.45, 2.75) is 6.92 Å². The maximum atomic E-state index is 12.5. The predicted octanol–water partition coefficient (Wildman–Crippen LogP) is 3.50. The molecule has 0 fully saturated rings. The van der Waals surface area contributed by atoms with Gasteiger partial charge in [-0.15, -0.1) is 0 Å². The average Bonchev–Trinajstić information content (AvgIpc) is 2.53. The Morgan fingerprint density at radius 2 is 1.73 bits per heavy atom. The topological polar surface area (TPSA) is 77.8 Å². The van der Waals surface area contributed by atoms with E-state index in [1.165, 1.54) is 24.3 Å². The molecule has 0 aliphatic rings. The number of carbonyl (C=O) groups excluding carboxylic acids is 1. The summed E-state index contributed by atoms with van der Waals surface area (Å²) < 4.78 is 1.89. The minimum Gasteiger partial charge on any atom is -0.507 e. The van der Waals surface area contributed by atoms with Gasteiger partial charge in [0.15, 0.2) is 5.78 Å². The number of anilines is 1. The molecule has 114 valence electrons. The second-order valence-electron chi connectivity index (χ2n) is 4.56. The summed E-state index contributed by atoms with van der Waals surface area (Å²) in [5, 5.41) is 19.3. The Hall–Kier alpha value is -2.09. The number of halogens is 1. The van der Waals surface area contributed by atoms with Gasteiger partial charge in [-0.25, -0.2) is 4.79 Å². The molecular weight excluding hydrogens is 397 g/mol. The van der Waals surface area contributed by atoms with Gasteiger partial charge in [0.1, 0.15) is 5.75 Å². The van der Waals surface area contributed by atoms with Crippen LogP contribution in [0.25, 0.3) is 0 Å². The van der Waals surface area contributed by atoms with E-state index < -0.39 is 11.8 Å². The number of rotatable bonds is 5. The third kappa shape index (κ3) is 3.22. The van der Waals surface area contributed by atoms with Gasteiger partial charge in [-0.3, -0.25) is 4.79 Å². The van der Waals surface area contributed by atoms with Crippen LogP contribution in [0.5, 0.6) is 5.75 Å². The smallest absolute Gasteiger partial charge is 0.336 e. The Morgan fingerprint density at radius 1 is 1.09 bits per heavy atom. The number of aromatic carboxylic acids is 1. The Balaban J connectivity index is 2.45. The van der Waals surface area contributed by atoms with Crippen LogP contribution in [0.3, 0.4) is 0 Å². The molecule has 0 aliphatic heterocycles. The van der Waals surface area contributed by atoms with E-state index in [2.05, 4.69) is 22.9 Å². The van der Waals surface area contributed by atoms with Crippen molar-refractivity contribution in [3.8, 4) is 5.75 Å². The Labute approximate surface area is 141 Å². The van der Waals surface area contributed by atoms with Crippen molar-refractivity contribution < 1.29 is 19.8 Å². The molecule has 2 N–H and O–H groups in total. The van der Waals surface area contributed by atoms with Crippen LogP contribution >= 0.6 is 22.9 Å². The van der Waals surface area contributed by atoms with Crippen LogP contribution in [-0.2, 0) is 0 Å². The molecule has 0 aromatic heterocycles. The fourth-order valence-corrected chi connectivity index (χ4v) is 2.36. The van der Waals surface area contributed by atoms with Crippen molar-refractivity contribution >= 4 is 40.3 Å². The summed E-state index contributed by atoms with van der Waals surface area (Å²) in [7, 11) is 0. The van der Waals surface area contributed by atoms with Gasteiger partial charge in [-0.05, 0) is 25.1 Å². The molecule has 0 aliphatic carbocycles. The van der Waals surface area contributed by atoms with E-state index in [-0.39, 0.29) is 22.4 Å². The van der Waals surface area contributed by atoms with Crippen LogP contribution in [-0.4, -0.2) is 28.5 Å². The van der Waals surface area contributed by atoms with E-state index in [1.54, 1.807) is 18.2 Å². The van der Waals surface area contributed by atoms with Crippen molar-refractivity contribution in [1.82, 2.24) is 0 Å². The summed E-state index contributed by atoms with van der Waals surface area (Å²) in [6.45, 7) is 2.71. The first-order valence-corrected chi connectivity index (χ1v) is 7.55. The van der Waals surface area contributed by atoms with Crippen molar-refractivity contribution in [3.05, 3.63) is 59.2 Å². The van der Waals surface area contributed by atoms with Gasteiger partial charge in [0.05, 0.1) is 34.0 Å². The molecule has 2 aromatic carbocycles. The second-order valence-corrected chi connectivity index (χ2v) is 5.72. The van der Waals surface area contributed by atoms with E-state index in [1.807, 2.05) is 10.0 Å². The first-order valence-electron chi connectivity index (χ1n) is 6.59. The molecule has 0 radical (unpaired) electrons. The predicted molar refractivity (Wildman–Crippen MR) is 92.0 cm³/mol. The quantitative estimate of drug-likeness (QED) is 0.448. The molecule has 22 heavy (non-hydrogen) atoms. The highest BCUT2D eigenvalue weighted by Gasteiger charge is 2.20. The highest BCUT2D eigenvalue weighted by molar-refractivity contribution is 14.1. The molecule has 0 saturated heterocycles. The number of hydrogen-bond donors (Lipinski definition) is 2. The summed E-state index contributed by atoms with van der Waals surface area (Å²) in [4.78, 5) is 23.7. The monoisotopic (exact) mass is 411 g/mol. The van der Waals surface area contributed by atoms with E-state index in [9.17, 15) is 14.7 Å². The van der Waals surface area contributed by atoms with Crippen LogP contribution < -0.4 is 3.11 Å². The van der Waals surface area contributed by atoms with Crippen molar-refractivity contribution in [1.29, 1.82) is 0 Å². The Bertz CT molecular complexity index is 730. The normalized spacial score (nSPS) is 10.3. The zero-order valence-corrected chi connectivity index (χ0v) is 13.9. The lowest BCUT2D eigenvalue weighted by Crippen LogP contribution is -2.11. The number of hydrogen-bond acceptors (Lipinski definition) is 4. The highest BCUT2D eigenvalue weighted by Crippen LogP contribution is 2.28. The zero-order valence-electron chi connectivity index (χ0n) is 11.8. The Kier molecular flexibility index (Phi) is 5.02. The molecule has 0 bridgehead atoms. The van der Waals surface area contributed by atoms with Crippen molar-refractivity contribution in [3.63, 3.8) is 0 Å². The number of carboxylic acids is 1. The molecule has 0 atom stereocenters. The number of aromatic hydroxyl groups is 1. The van der Waals surface area contributed by atoms with Gasteiger partial charge < -0.3 is 13.3 Å². The number of phenolic OH excluding ortho intramolecular Hbond substituents is 1. The summed E-state index contributed by atoms with van der Waals surface area (Å²) in [5.74, 6) is -1.86. The van der Waals surface area contributed by atoms with E-state index in [0.717, 1.165) is 12.2 Å². The maximum Gasteiger partial charge on any atom is 0.336 e. The highest BCUT2D eigenvalue weighted by atomic mass is 127. The van der Waals surface area contributed by atoms with Crippen LogP contribution in [0.1, 0.15) is 33.2 Å². The van der Waals surface area contributed by atoms with Crippen LogP contribution in [0.15, 0.2) is 42.5 Å². The lowest BCUT2D eigenvalue weighted by molar-refractivity contribution is 0.0692. The lowest BCUT2D eigenvalue weighted by atomic mass is 9.97. The van der Waals surface area contributed by atoms with Crippen molar-refractivity contribution in [2.24, 2.45) is 0 Å². The zero-order chi connectivity index (χ0) is 16.3. The SMILES string of the molecule is CCN(I)c1ccc(C(=O)c2ccccc2C(=O)O)c(O)c1. The third-order valence-electron chi connectivity index (χ3n) is 3.19. The van der Waals surface area contributed by atoms with Gasteiger partial charge in [-0.1, -0.05) is 18.2 Å². The van der Waals surface area contributed by atoms with Gasteiger partial charge in [0.2, 0.25) is 0 Å². The van der Waals surface area contributed by atoms with Gasteiger partial charge in [0.25, 0.3) is 0 Å². The minimum atomic E-state index is -1.18. The average molecular weight is 411 g/mol. The summed E-state index contributed by atoms with van der Waals surface area (Å²) >= 11 is 2.10. The van der Waals surface area contributed by atoms with Gasteiger partial charge in [0, 0.05) is 23.9 Å². The molecule has 0 amide bonds. The van der Waals surface area contributed by atoms with Gasteiger partial charge in [-0.2, -0.15) is 0 Å². The van der Waals surface area contributed by atoms with E-state index in [4.69, 9.17) is 5.11 Å². The first kappa shape index (κ1) is 16.3. The van der Waals surface area contributed by atoms with Crippen LogP contribution in [0.2, 0.25) is 0 Å². The minimum absolute atomic E-state index is 0.0554. The summed E-state index contributed by atoms with van der Waals surface area (Å²) in [5.41, 5.74) is 0.821. The summed E-state index contributed by atoms with van der Waals surface area (Å²) in [6, 6.07) is 10.7. The molecule has 0 spiro atoms. The second kappa shape index (κ2) is 6.78. The molecular formula is C16H14INO4. The third-order valence-corrected chi connectivity index (χ3v) is 4.43. The molecule has 2 aromatic rings. The van der Waals surface area contributed by atoms with Gasteiger partial charge >= 0.3 is 5.97 Å².